The van der Waals surface area contributed by atoms with Crippen LogP contribution < -0.4 is 5.32 Å². The number of aromatic nitrogens is 1. The van der Waals surface area contributed by atoms with Gasteiger partial charge in [-0.2, -0.15) is 0 Å². The second-order valence-electron chi connectivity index (χ2n) is 6.90. The summed E-state index contributed by atoms with van der Waals surface area (Å²) in [6, 6.07) is 19.3. The van der Waals surface area contributed by atoms with Gasteiger partial charge in [0.2, 0.25) is 0 Å². The van der Waals surface area contributed by atoms with Crippen LogP contribution in [0.25, 0.3) is 0 Å². The highest BCUT2D eigenvalue weighted by Gasteiger charge is 2.17. The number of halogens is 2. The number of nitrogens with zero attached hydrogens (tertiary/aromatic N) is 2. The highest BCUT2D eigenvalue weighted by molar-refractivity contribution is 9.10. The molecule has 0 spiro atoms. The Balaban J connectivity index is 1.75. The van der Waals surface area contributed by atoms with Crippen molar-refractivity contribution in [3.05, 3.63) is 87.6 Å². The summed E-state index contributed by atoms with van der Waals surface area (Å²) in [5, 5.41) is 3.73. The molecule has 3 rings (SSSR count). The molecule has 0 aliphatic rings. The van der Waals surface area contributed by atoms with Crippen LogP contribution in [-0.4, -0.2) is 35.8 Å². The molecule has 0 fully saturated rings. The number of amides is 2. The lowest BCUT2D eigenvalue weighted by Gasteiger charge is -2.24. The van der Waals surface area contributed by atoms with Crippen molar-refractivity contribution in [3.8, 4) is 0 Å². The van der Waals surface area contributed by atoms with E-state index in [0.29, 0.717) is 26.2 Å². The van der Waals surface area contributed by atoms with E-state index in [9.17, 15) is 4.79 Å². The molecule has 7 heteroatoms. The predicted octanol–water partition coefficient (Wildman–Crippen LogP) is 6.02. The predicted molar refractivity (Wildman–Crippen MR) is 125 cm³/mol. The van der Waals surface area contributed by atoms with Crippen LogP contribution in [0.15, 0.2) is 71.3 Å². The molecule has 0 unspecified atom stereocenters. The molecule has 5 nitrogen and oxygen atoms in total. The third-order valence-electron chi connectivity index (χ3n) is 4.75. The summed E-state index contributed by atoms with van der Waals surface area (Å²) in [6.07, 6.45) is 2.77. The number of hydrogen-bond acceptors (Lipinski definition) is 2. The third kappa shape index (κ3) is 6.11. The fourth-order valence-electron chi connectivity index (χ4n) is 3.16. The van der Waals surface area contributed by atoms with Crippen molar-refractivity contribution in [2.24, 2.45) is 0 Å². The molecule has 0 bridgehead atoms. The Hall–Kier alpha value is -2.28. The molecule has 1 heterocycles. The van der Waals surface area contributed by atoms with Gasteiger partial charge in [-0.25, -0.2) is 4.79 Å². The number of anilines is 1. The van der Waals surface area contributed by atoms with Crippen molar-refractivity contribution in [1.82, 2.24) is 9.47 Å². The fraction of sp³-hybridized carbons (Fsp3) is 0.261. The third-order valence-corrected chi connectivity index (χ3v) is 5.81. The Labute approximate surface area is 190 Å². The van der Waals surface area contributed by atoms with Crippen molar-refractivity contribution >= 4 is 39.2 Å². The second-order valence-corrected chi connectivity index (χ2v) is 8.16. The van der Waals surface area contributed by atoms with Crippen LogP contribution in [0.3, 0.4) is 0 Å². The van der Waals surface area contributed by atoms with E-state index in [1.807, 2.05) is 66.9 Å². The van der Waals surface area contributed by atoms with Gasteiger partial charge in [0.25, 0.3) is 0 Å². The Morgan fingerprint density at radius 1 is 1.13 bits per heavy atom. The standard InChI is InChI=1S/C23H25BrClN3O2/c1-30-15-7-14-28(23(29)26-22-12-5-3-10-20(22)24)17-19-9-6-13-27(19)16-18-8-2-4-11-21(18)25/h2-6,8-13H,7,14-17H2,1H3,(H,26,29). The molecule has 30 heavy (non-hydrogen) atoms. The molecular weight excluding hydrogens is 466 g/mol. The van der Waals surface area contributed by atoms with Gasteiger partial charge in [0.15, 0.2) is 0 Å². The maximum absolute atomic E-state index is 13.0. The average Bonchev–Trinajstić information content (AvgIpc) is 3.17. The number of hydrogen-bond donors (Lipinski definition) is 1. The molecule has 158 valence electrons. The summed E-state index contributed by atoms with van der Waals surface area (Å²) >= 11 is 9.82. The number of carbonyl (C=O) groups is 1. The van der Waals surface area contributed by atoms with E-state index >= 15 is 0 Å². The van der Waals surface area contributed by atoms with Gasteiger partial charge in [0.1, 0.15) is 0 Å². The van der Waals surface area contributed by atoms with E-state index in [4.69, 9.17) is 16.3 Å². The average molecular weight is 491 g/mol. The van der Waals surface area contributed by atoms with Crippen molar-refractivity contribution in [2.45, 2.75) is 19.5 Å². The summed E-state index contributed by atoms with van der Waals surface area (Å²) in [4.78, 5) is 14.8. The maximum atomic E-state index is 13.0. The first-order valence-electron chi connectivity index (χ1n) is 9.75. The zero-order chi connectivity index (χ0) is 21.3. The zero-order valence-electron chi connectivity index (χ0n) is 16.9. The minimum Gasteiger partial charge on any atom is -0.385 e. The summed E-state index contributed by atoms with van der Waals surface area (Å²) in [5.74, 6) is 0. The van der Waals surface area contributed by atoms with E-state index in [2.05, 4.69) is 25.8 Å². The number of nitrogens with one attached hydrogen (secondary N) is 1. The number of urea groups is 1. The smallest absolute Gasteiger partial charge is 0.322 e. The molecule has 2 aromatic carbocycles. The van der Waals surface area contributed by atoms with Crippen LogP contribution in [0.2, 0.25) is 5.02 Å². The van der Waals surface area contributed by atoms with E-state index in [1.165, 1.54) is 0 Å². The quantitative estimate of drug-likeness (QED) is 0.373. The minimum absolute atomic E-state index is 0.150. The topological polar surface area (TPSA) is 46.5 Å². The fourth-order valence-corrected chi connectivity index (χ4v) is 3.74. The molecule has 0 saturated heterocycles. The van der Waals surface area contributed by atoms with Crippen LogP contribution >= 0.6 is 27.5 Å². The van der Waals surface area contributed by atoms with Crippen molar-refractivity contribution < 1.29 is 9.53 Å². The van der Waals surface area contributed by atoms with Crippen LogP contribution in [0.1, 0.15) is 17.7 Å². The van der Waals surface area contributed by atoms with Crippen LogP contribution in [0.4, 0.5) is 10.5 Å². The van der Waals surface area contributed by atoms with E-state index in [1.54, 1.807) is 12.0 Å². The Morgan fingerprint density at radius 2 is 1.90 bits per heavy atom. The van der Waals surface area contributed by atoms with Gasteiger partial charge in [0.05, 0.1) is 12.2 Å². The highest BCUT2D eigenvalue weighted by Crippen LogP contribution is 2.22. The largest absolute Gasteiger partial charge is 0.385 e. The molecule has 0 aliphatic carbocycles. The van der Waals surface area contributed by atoms with Crippen molar-refractivity contribution in [1.29, 1.82) is 0 Å². The van der Waals surface area contributed by atoms with Gasteiger partial charge in [-0.3, -0.25) is 0 Å². The molecule has 1 aromatic heterocycles. The molecule has 1 N–H and O–H groups in total. The lowest BCUT2D eigenvalue weighted by atomic mass is 10.2. The number of methoxy groups -OCH3 is 1. The molecular formula is C23H25BrClN3O2. The highest BCUT2D eigenvalue weighted by atomic mass is 79.9. The monoisotopic (exact) mass is 489 g/mol. The molecule has 0 radical (unpaired) electrons. The summed E-state index contributed by atoms with van der Waals surface area (Å²) in [7, 11) is 1.67. The lowest BCUT2D eigenvalue weighted by Crippen LogP contribution is -2.36. The van der Waals surface area contributed by atoms with Crippen molar-refractivity contribution in [3.63, 3.8) is 0 Å². The number of para-hydroxylation sites is 1. The van der Waals surface area contributed by atoms with Gasteiger partial charge >= 0.3 is 6.03 Å². The lowest BCUT2D eigenvalue weighted by molar-refractivity contribution is 0.171. The van der Waals surface area contributed by atoms with Gasteiger partial charge in [-0.1, -0.05) is 41.9 Å². The van der Waals surface area contributed by atoms with Crippen LogP contribution in [0.5, 0.6) is 0 Å². The SMILES string of the molecule is COCCCN(Cc1cccn1Cc1ccccc1Cl)C(=O)Nc1ccccc1Br. The Kier molecular flexibility index (Phi) is 8.37. The second kappa shape index (κ2) is 11.2. The first-order chi connectivity index (χ1) is 14.6. The van der Waals surface area contributed by atoms with Gasteiger partial charge in [-0.05, 0) is 58.2 Å². The first-order valence-corrected chi connectivity index (χ1v) is 10.9. The van der Waals surface area contributed by atoms with Crippen molar-refractivity contribution in [2.75, 3.05) is 25.6 Å². The molecule has 0 atom stereocenters. The molecule has 0 saturated carbocycles. The van der Waals surface area contributed by atoms with Crippen LogP contribution in [-0.2, 0) is 17.8 Å². The van der Waals surface area contributed by atoms with E-state index < -0.39 is 0 Å². The molecule has 2 amide bonds. The zero-order valence-corrected chi connectivity index (χ0v) is 19.2. The molecule has 3 aromatic rings. The number of carbonyl (C=O) groups excluding carboxylic acids is 1. The Morgan fingerprint density at radius 3 is 2.67 bits per heavy atom. The number of ether oxygens (including phenoxy) is 1. The van der Waals surface area contributed by atoms with E-state index in [0.717, 1.165) is 32.9 Å². The van der Waals surface area contributed by atoms with E-state index in [-0.39, 0.29) is 6.03 Å². The van der Waals surface area contributed by atoms with Gasteiger partial charge < -0.3 is 19.5 Å². The minimum atomic E-state index is -0.150. The van der Waals surface area contributed by atoms with Gasteiger partial charge in [-0.15, -0.1) is 0 Å². The number of rotatable bonds is 9. The summed E-state index contributed by atoms with van der Waals surface area (Å²) in [5.41, 5.74) is 2.82. The van der Waals surface area contributed by atoms with Gasteiger partial charge in [0, 0.05) is 48.2 Å². The normalized spacial score (nSPS) is 10.8. The van der Waals surface area contributed by atoms with Crippen LogP contribution in [0, 0.1) is 0 Å². The summed E-state index contributed by atoms with van der Waals surface area (Å²) in [6.45, 7) is 2.32. The summed E-state index contributed by atoms with van der Waals surface area (Å²) < 4.78 is 8.14. The Bertz CT molecular complexity index is 976. The number of benzene rings is 2. The first kappa shape index (κ1) is 22.4. The maximum Gasteiger partial charge on any atom is 0.322 e. The molecule has 0 aliphatic heterocycles.